The second-order valence-electron chi connectivity index (χ2n) is 4.37. The minimum atomic E-state index is -0.616. The third-order valence-electron chi connectivity index (χ3n) is 2.79. The van der Waals surface area contributed by atoms with Crippen molar-refractivity contribution in [1.29, 1.82) is 0 Å². The zero-order valence-corrected chi connectivity index (χ0v) is 11.6. The highest BCUT2D eigenvalue weighted by Crippen LogP contribution is 1.96. The molecule has 0 bridgehead atoms. The second kappa shape index (κ2) is 5.92. The number of rotatable bonds is 1. The first-order valence-corrected chi connectivity index (χ1v) is 6.14. The quantitative estimate of drug-likeness (QED) is 0.753. The average Bonchev–Trinajstić information content (AvgIpc) is 2.49. The van der Waals surface area contributed by atoms with Crippen LogP contribution in [0.4, 0.5) is 5.69 Å². The van der Waals surface area contributed by atoms with Crippen LogP contribution in [0.2, 0.25) is 0 Å². The van der Waals surface area contributed by atoms with Gasteiger partial charge in [-0.3, -0.25) is 14.2 Å². The fourth-order valence-corrected chi connectivity index (χ4v) is 1.70. The highest BCUT2D eigenvalue weighted by atomic mass is 16.2. The van der Waals surface area contributed by atoms with E-state index < -0.39 is 17.2 Å². The topological polar surface area (TPSA) is 73.1 Å². The molecule has 1 N–H and O–H groups in total. The molecule has 0 aliphatic carbocycles. The van der Waals surface area contributed by atoms with Crippen molar-refractivity contribution in [2.24, 2.45) is 14.1 Å². The molecule has 0 saturated carbocycles. The summed E-state index contributed by atoms with van der Waals surface area (Å²) in [6.45, 7) is 0. The molecule has 6 nitrogen and oxygen atoms in total. The molecular formula is C15H13N3O3. The lowest BCUT2D eigenvalue weighted by molar-refractivity contribution is -0.111. The van der Waals surface area contributed by atoms with Crippen molar-refractivity contribution in [3.05, 3.63) is 62.9 Å². The molecule has 6 heteroatoms. The van der Waals surface area contributed by atoms with Crippen molar-refractivity contribution in [3.8, 4) is 11.8 Å². The standard InChI is InChI=1S/C15H13N3O3/c1-17-10-12(14(20)18(2)15(17)21)16-13(19)9-8-11-6-4-3-5-7-11/h3-7,10H,1-2H3,(H,16,19). The summed E-state index contributed by atoms with van der Waals surface area (Å²) in [7, 11) is 2.84. The SMILES string of the molecule is Cn1cc(NC(=O)C#Cc2ccccc2)c(=O)n(C)c1=O. The van der Waals surface area contributed by atoms with Gasteiger partial charge in [0.25, 0.3) is 5.56 Å². The van der Waals surface area contributed by atoms with Crippen LogP contribution in [0.15, 0.2) is 46.1 Å². The number of benzene rings is 1. The summed E-state index contributed by atoms with van der Waals surface area (Å²) in [4.78, 5) is 35.1. The summed E-state index contributed by atoms with van der Waals surface area (Å²) in [6.07, 6.45) is 1.27. The molecule has 1 heterocycles. The van der Waals surface area contributed by atoms with Crippen molar-refractivity contribution >= 4 is 11.6 Å². The van der Waals surface area contributed by atoms with Crippen LogP contribution >= 0.6 is 0 Å². The van der Waals surface area contributed by atoms with Gasteiger partial charge in [-0.2, -0.15) is 0 Å². The van der Waals surface area contributed by atoms with Gasteiger partial charge in [0.1, 0.15) is 5.69 Å². The maximum Gasteiger partial charge on any atom is 0.330 e. The van der Waals surface area contributed by atoms with E-state index in [1.807, 2.05) is 18.2 Å². The zero-order chi connectivity index (χ0) is 15.4. The van der Waals surface area contributed by atoms with Crippen LogP contribution in [-0.2, 0) is 18.9 Å². The Morgan fingerprint density at radius 3 is 2.48 bits per heavy atom. The molecule has 0 fully saturated rings. The molecule has 0 unspecified atom stereocenters. The van der Waals surface area contributed by atoms with Crippen LogP contribution in [0.25, 0.3) is 0 Å². The molecule has 106 valence electrons. The Bertz CT molecular complexity index is 852. The Balaban J connectivity index is 2.24. The monoisotopic (exact) mass is 283 g/mol. The van der Waals surface area contributed by atoms with E-state index in [4.69, 9.17) is 0 Å². The van der Waals surface area contributed by atoms with Crippen LogP contribution in [0, 0.1) is 11.8 Å². The molecule has 2 rings (SSSR count). The number of nitrogens with zero attached hydrogens (tertiary/aromatic N) is 2. The van der Waals surface area contributed by atoms with Gasteiger partial charge in [0.2, 0.25) is 0 Å². The second-order valence-corrected chi connectivity index (χ2v) is 4.37. The number of carbonyl (C=O) groups is 1. The van der Waals surface area contributed by atoms with Gasteiger partial charge in [-0.25, -0.2) is 4.79 Å². The zero-order valence-electron chi connectivity index (χ0n) is 11.6. The lowest BCUT2D eigenvalue weighted by atomic mass is 10.2. The van der Waals surface area contributed by atoms with E-state index in [0.717, 1.165) is 4.57 Å². The molecule has 0 radical (unpaired) electrons. The summed E-state index contributed by atoms with van der Waals surface area (Å²) in [6, 6.07) is 9.01. The summed E-state index contributed by atoms with van der Waals surface area (Å²) >= 11 is 0. The maximum atomic E-state index is 11.8. The lowest BCUT2D eigenvalue weighted by Crippen LogP contribution is -2.38. The molecule has 21 heavy (non-hydrogen) atoms. The highest BCUT2D eigenvalue weighted by molar-refractivity contribution is 6.04. The van der Waals surface area contributed by atoms with Gasteiger partial charge in [0, 0.05) is 31.8 Å². The van der Waals surface area contributed by atoms with Gasteiger partial charge in [-0.1, -0.05) is 24.1 Å². The third-order valence-corrected chi connectivity index (χ3v) is 2.79. The molecular weight excluding hydrogens is 270 g/mol. The van der Waals surface area contributed by atoms with Crippen molar-refractivity contribution in [3.63, 3.8) is 0 Å². The van der Waals surface area contributed by atoms with E-state index in [-0.39, 0.29) is 5.69 Å². The first-order valence-electron chi connectivity index (χ1n) is 6.14. The Kier molecular flexibility index (Phi) is 4.05. The average molecular weight is 283 g/mol. The summed E-state index contributed by atoms with van der Waals surface area (Å²) in [5.41, 5.74) is -0.339. The number of nitrogens with one attached hydrogen (secondary N) is 1. The summed E-state index contributed by atoms with van der Waals surface area (Å²) < 4.78 is 2.13. The van der Waals surface area contributed by atoms with Gasteiger partial charge in [0.05, 0.1) is 0 Å². The van der Waals surface area contributed by atoms with E-state index >= 15 is 0 Å². The molecule has 0 aliphatic rings. The van der Waals surface area contributed by atoms with Crippen molar-refractivity contribution in [2.75, 3.05) is 5.32 Å². The van der Waals surface area contributed by atoms with Crippen molar-refractivity contribution < 1.29 is 4.79 Å². The number of amides is 1. The molecule has 1 aromatic carbocycles. The van der Waals surface area contributed by atoms with E-state index in [9.17, 15) is 14.4 Å². The molecule has 0 aliphatic heterocycles. The van der Waals surface area contributed by atoms with Crippen LogP contribution in [0.5, 0.6) is 0 Å². The molecule has 1 amide bonds. The number of aromatic nitrogens is 2. The minimum absolute atomic E-state index is 0.00645. The summed E-state index contributed by atoms with van der Waals surface area (Å²) in [5.74, 6) is 4.46. The normalized spacial score (nSPS) is 9.62. The van der Waals surface area contributed by atoms with Gasteiger partial charge >= 0.3 is 11.6 Å². The number of hydrogen-bond donors (Lipinski definition) is 1. The maximum absolute atomic E-state index is 11.8. The van der Waals surface area contributed by atoms with Gasteiger partial charge in [-0.15, -0.1) is 0 Å². The molecule has 2 aromatic rings. The van der Waals surface area contributed by atoms with Crippen molar-refractivity contribution in [2.45, 2.75) is 0 Å². The fraction of sp³-hybridized carbons (Fsp3) is 0.133. The Labute approximate surface area is 120 Å². The predicted molar refractivity (Wildman–Crippen MR) is 78.9 cm³/mol. The van der Waals surface area contributed by atoms with E-state index in [2.05, 4.69) is 17.2 Å². The van der Waals surface area contributed by atoms with Crippen LogP contribution in [0.3, 0.4) is 0 Å². The number of carbonyl (C=O) groups excluding carboxylic acids is 1. The largest absolute Gasteiger partial charge is 0.330 e. The third kappa shape index (κ3) is 3.28. The van der Waals surface area contributed by atoms with E-state index in [0.29, 0.717) is 5.56 Å². The van der Waals surface area contributed by atoms with Crippen LogP contribution in [-0.4, -0.2) is 15.0 Å². The Hall–Kier alpha value is -3.07. The van der Waals surface area contributed by atoms with Gasteiger partial charge in [-0.05, 0) is 12.1 Å². The van der Waals surface area contributed by atoms with E-state index in [1.165, 1.54) is 24.9 Å². The van der Waals surface area contributed by atoms with Gasteiger partial charge in [0.15, 0.2) is 0 Å². The number of aryl methyl sites for hydroxylation is 1. The first-order chi connectivity index (χ1) is 9.99. The van der Waals surface area contributed by atoms with E-state index in [1.54, 1.807) is 12.1 Å². The number of anilines is 1. The fourth-order valence-electron chi connectivity index (χ4n) is 1.70. The first kappa shape index (κ1) is 14.3. The Morgan fingerprint density at radius 1 is 1.14 bits per heavy atom. The van der Waals surface area contributed by atoms with Crippen molar-refractivity contribution in [1.82, 2.24) is 9.13 Å². The highest BCUT2D eigenvalue weighted by Gasteiger charge is 2.08. The number of hydrogen-bond acceptors (Lipinski definition) is 3. The molecule has 0 spiro atoms. The van der Waals surface area contributed by atoms with Crippen LogP contribution in [0.1, 0.15) is 5.56 Å². The van der Waals surface area contributed by atoms with Gasteiger partial charge < -0.3 is 9.88 Å². The minimum Gasteiger partial charge on any atom is -0.309 e. The summed E-state index contributed by atoms with van der Waals surface area (Å²) in [5, 5.41) is 2.38. The lowest BCUT2D eigenvalue weighted by Gasteiger charge is -2.05. The smallest absolute Gasteiger partial charge is 0.309 e. The Morgan fingerprint density at radius 2 is 1.81 bits per heavy atom. The molecule has 1 aromatic heterocycles. The van der Waals surface area contributed by atoms with Crippen LogP contribution < -0.4 is 16.6 Å². The molecule has 0 atom stereocenters. The predicted octanol–water partition coefficient (Wildman–Crippen LogP) is 0.0742. The molecule has 0 saturated heterocycles.